The van der Waals surface area contributed by atoms with E-state index in [1.54, 1.807) is 0 Å². The summed E-state index contributed by atoms with van der Waals surface area (Å²) < 4.78 is 6.17. The van der Waals surface area contributed by atoms with Crippen LogP contribution in [0, 0.1) is 0 Å². The lowest BCUT2D eigenvalue weighted by Crippen LogP contribution is -2.36. The fraction of sp³-hybridized carbons (Fsp3) is 0. The summed E-state index contributed by atoms with van der Waals surface area (Å²) >= 11 is 0. The van der Waals surface area contributed by atoms with Gasteiger partial charge in [0, 0.05) is 10.8 Å². The molecule has 5 aromatic rings. The van der Waals surface area contributed by atoms with E-state index in [0.29, 0.717) is 5.75 Å². The highest BCUT2D eigenvalue weighted by Gasteiger charge is 2.22. The molecule has 0 aliphatic rings. The van der Waals surface area contributed by atoms with Gasteiger partial charge in [-0.1, -0.05) is 109 Å². The van der Waals surface area contributed by atoms with Crippen molar-refractivity contribution in [1.82, 2.24) is 0 Å². The fourth-order valence-corrected chi connectivity index (χ4v) is 3.93. The van der Waals surface area contributed by atoms with Crippen LogP contribution in [0.4, 0.5) is 0 Å². The first kappa shape index (κ1) is 17.5. The molecule has 0 aromatic heterocycles. The summed E-state index contributed by atoms with van der Waals surface area (Å²) in [5.41, 5.74) is 3.07. The molecule has 0 heterocycles. The first-order chi connectivity index (χ1) is 14.3. The average Bonchev–Trinajstić information content (AvgIpc) is 2.80. The Kier molecular flexibility index (Phi) is 4.51. The Labute approximate surface area is 170 Å². The van der Waals surface area contributed by atoms with Crippen molar-refractivity contribution >= 4 is 34.1 Å². The Hall–Kier alpha value is -3.56. The number of hydrogen-bond acceptors (Lipinski definition) is 2. The minimum atomic E-state index is -1.04. The Bertz CT molecular complexity index is 1230. The minimum Gasteiger partial charge on any atom is -0.531 e. The van der Waals surface area contributed by atoms with Gasteiger partial charge in [-0.15, -0.1) is 0 Å². The molecule has 0 aliphatic carbocycles. The van der Waals surface area contributed by atoms with Crippen LogP contribution in [0.1, 0.15) is 0 Å². The predicted octanol–water partition coefficient (Wildman–Crippen LogP) is 5.43. The van der Waals surface area contributed by atoms with Crippen LogP contribution in [-0.4, -0.2) is 12.1 Å². The van der Waals surface area contributed by atoms with Crippen LogP contribution >= 0.6 is 0 Å². The second-order valence-corrected chi connectivity index (χ2v) is 7.04. The minimum absolute atomic E-state index is 0.701. The van der Waals surface area contributed by atoms with Gasteiger partial charge in [0.25, 0.3) is 0 Å². The molecule has 0 bridgehead atoms. The first-order valence-electron chi connectivity index (χ1n) is 9.71. The van der Waals surface area contributed by atoms with Crippen molar-refractivity contribution in [2.45, 2.75) is 0 Å². The third-order valence-corrected chi connectivity index (χ3v) is 5.26. The maximum atomic E-state index is 10.8. The standard InChI is InChI=1S/C26H19BO2/c28-27(20-13-5-2-6-14-20)29-26-23-17-9-7-15-21(23)25(19-11-3-1-4-12-19)22-16-8-10-18-24(22)26/h1-18,28H. The van der Waals surface area contributed by atoms with Crippen LogP contribution in [-0.2, 0) is 0 Å². The second kappa shape index (κ2) is 7.46. The molecule has 0 saturated heterocycles. The van der Waals surface area contributed by atoms with Crippen molar-refractivity contribution in [3.05, 3.63) is 109 Å². The van der Waals surface area contributed by atoms with Crippen molar-refractivity contribution in [1.29, 1.82) is 0 Å². The summed E-state index contributed by atoms with van der Waals surface area (Å²) in [5, 5.41) is 14.9. The van der Waals surface area contributed by atoms with Gasteiger partial charge in [-0.05, 0) is 27.4 Å². The summed E-state index contributed by atoms with van der Waals surface area (Å²) in [5.74, 6) is 0.701. The second-order valence-electron chi connectivity index (χ2n) is 7.04. The van der Waals surface area contributed by atoms with E-state index in [9.17, 15) is 5.02 Å². The highest BCUT2D eigenvalue weighted by Crippen LogP contribution is 2.43. The van der Waals surface area contributed by atoms with Gasteiger partial charge in [-0.3, -0.25) is 0 Å². The summed E-state index contributed by atoms with van der Waals surface area (Å²) in [6, 6.07) is 36.3. The van der Waals surface area contributed by atoms with Crippen LogP contribution < -0.4 is 10.1 Å². The van der Waals surface area contributed by atoms with Crippen molar-refractivity contribution in [2.24, 2.45) is 0 Å². The molecular formula is C26H19BO2. The summed E-state index contributed by atoms with van der Waals surface area (Å²) in [6.07, 6.45) is 0. The lowest BCUT2D eigenvalue weighted by Gasteiger charge is -2.19. The highest BCUT2D eigenvalue weighted by atomic mass is 16.5. The molecule has 0 fully saturated rings. The zero-order valence-electron chi connectivity index (χ0n) is 15.8. The third kappa shape index (κ3) is 3.16. The molecule has 29 heavy (non-hydrogen) atoms. The quantitative estimate of drug-likeness (QED) is 0.336. The van der Waals surface area contributed by atoms with E-state index in [0.717, 1.165) is 32.6 Å². The molecule has 5 rings (SSSR count). The summed E-state index contributed by atoms with van der Waals surface area (Å²) in [7, 11) is -1.04. The van der Waals surface area contributed by atoms with Gasteiger partial charge < -0.3 is 9.68 Å². The molecule has 0 spiro atoms. The number of fused-ring (bicyclic) bond motifs is 2. The smallest absolute Gasteiger partial charge is 0.531 e. The number of hydrogen-bond donors (Lipinski definition) is 1. The van der Waals surface area contributed by atoms with E-state index < -0.39 is 7.12 Å². The van der Waals surface area contributed by atoms with Crippen molar-refractivity contribution in [3.63, 3.8) is 0 Å². The molecule has 5 aromatic carbocycles. The van der Waals surface area contributed by atoms with Gasteiger partial charge in [0.2, 0.25) is 0 Å². The van der Waals surface area contributed by atoms with E-state index >= 15 is 0 Å². The van der Waals surface area contributed by atoms with Crippen LogP contribution in [0.2, 0.25) is 0 Å². The van der Waals surface area contributed by atoms with Crippen LogP contribution in [0.3, 0.4) is 0 Å². The van der Waals surface area contributed by atoms with Crippen molar-refractivity contribution in [3.8, 4) is 16.9 Å². The third-order valence-electron chi connectivity index (χ3n) is 5.26. The molecule has 0 saturated carbocycles. The predicted molar refractivity (Wildman–Crippen MR) is 122 cm³/mol. The molecule has 1 N–H and O–H groups in total. The fourth-order valence-electron chi connectivity index (χ4n) is 3.93. The Balaban J connectivity index is 1.79. The first-order valence-corrected chi connectivity index (χ1v) is 9.71. The molecule has 2 nitrogen and oxygen atoms in total. The Morgan fingerprint density at radius 2 is 0.966 bits per heavy atom. The van der Waals surface area contributed by atoms with E-state index in [2.05, 4.69) is 48.5 Å². The number of benzene rings is 5. The summed E-state index contributed by atoms with van der Waals surface area (Å²) in [4.78, 5) is 0. The zero-order valence-corrected chi connectivity index (χ0v) is 15.8. The van der Waals surface area contributed by atoms with Crippen molar-refractivity contribution < 1.29 is 9.68 Å². The largest absolute Gasteiger partial charge is 0.560 e. The van der Waals surface area contributed by atoms with Crippen LogP contribution in [0.5, 0.6) is 5.75 Å². The van der Waals surface area contributed by atoms with E-state index in [1.165, 1.54) is 5.56 Å². The highest BCUT2D eigenvalue weighted by molar-refractivity contribution is 6.61. The SMILES string of the molecule is OB(Oc1c2ccccc2c(-c2ccccc2)c2ccccc12)c1ccccc1. The lowest BCUT2D eigenvalue weighted by atomic mass is 9.79. The van der Waals surface area contributed by atoms with Crippen LogP contribution in [0.15, 0.2) is 109 Å². The maximum absolute atomic E-state index is 10.8. The van der Waals surface area contributed by atoms with Gasteiger partial charge in [0.1, 0.15) is 5.75 Å². The van der Waals surface area contributed by atoms with Gasteiger partial charge in [-0.25, -0.2) is 0 Å². The molecule has 3 heteroatoms. The topological polar surface area (TPSA) is 29.5 Å². The molecule has 0 aliphatic heterocycles. The molecular weight excluding hydrogens is 355 g/mol. The summed E-state index contributed by atoms with van der Waals surface area (Å²) in [6.45, 7) is 0. The molecule has 0 unspecified atom stereocenters. The molecule has 0 atom stereocenters. The Morgan fingerprint density at radius 3 is 1.52 bits per heavy atom. The van der Waals surface area contributed by atoms with Gasteiger partial charge in [0.05, 0.1) is 0 Å². The molecule has 0 amide bonds. The average molecular weight is 374 g/mol. The van der Waals surface area contributed by atoms with E-state index in [4.69, 9.17) is 4.65 Å². The Morgan fingerprint density at radius 1 is 0.517 bits per heavy atom. The maximum Gasteiger partial charge on any atom is 0.560 e. The van der Waals surface area contributed by atoms with Gasteiger partial charge in [-0.2, -0.15) is 0 Å². The van der Waals surface area contributed by atoms with E-state index in [1.807, 2.05) is 60.7 Å². The van der Waals surface area contributed by atoms with Gasteiger partial charge in [0.15, 0.2) is 0 Å². The van der Waals surface area contributed by atoms with Crippen molar-refractivity contribution in [2.75, 3.05) is 0 Å². The van der Waals surface area contributed by atoms with Crippen LogP contribution in [0.25, 0.3) is 32.7 Å². The normalized spacial score (nSPS) is 10.9. The monoisotopic (exact) mass is 374 g/mol. The molecule has 0 radical (unpaired) electrons. The van der Waals surface area contributed by atoms with E-state index in [-0.39, 0.29) is 0 Å². The van der Waals surface area contributed by atoms with Gasteiger partial charge >= 0.3 is 7.12 Å². The molecule has 138 valence electrons. The number of rotatable bonds is 4. The zero-order chi connectivity index (χ0) is 19.6. The lowest BCUT2D eigenvalue weighted by molar-refractivity contribution is 0.438.